The Balaban J connectivity index is 3.64. The molecular weight excluding hydrogens is 380 g/mol. The van der Waals surface area contributed by atoms with Crippen LogP contribution in [0, 0.1) is 0 Å². The Labute approximate surface area is 175 Å². The molecule has 8 heteroatoms. The Bertz CT molecular complexity index is 354. The molecule has 0 aromatic rings. The van der Waals surface area contributed by atoms with E-state index < -0.39 is 12.6 Å². The number of carbonyl (C=O) groups is 2. The molecule has 0 atom stereocenters. The van der Waals surface area contributed by atoms with E-state index in [-0.39, 0.29) is 25.2 Å². The number of esters is 2. The van der Waals surface area contributed by atoms with Crippen molar-refractivity contribution in [2.75, 3.05) is 39.6 Å². The molecule has 8 nitrogen and oxygen atoms in total. The molecule has 0 amide bonds. The average molecular weight is 421 g/mol. The third kappa shape index (κ3) is 17.4. The lowest BCUT2D eigenvalue weighted by Crippen LogP contribution is -2.25. The van der Waals surface area contributed by atoms with Gasteiger partial charge in [0, 0.05) is 39.3 Å². The van der Waals surface area contributed by atoms with Gasteiger partial charge in [-0.25, -0.2) is 0 Å². The fraction of sp³-hybridized carbons (Fsp3) is 0.905. The van der Waals surface area contributed by atoms with Crippen LogP contribution in [-0.4, -0.2) is 64.2 Å². The number of ether oxygens (including phenoxy) is 6. The van der Waals surface area contributed by atoms with Crippen LogP contribution in [0.4, 0.5) is 0 Å². The van der Waals surface area contributed by atoms with Gasteiger partial charge in [0.1, 0.15) is 13.2 Å². The lowest BCUT2D eigenvalue weighted by atomic mass is 10.1. The van der Waals surface area contributed by atoms with Crippen LogP contribution < -0.4 is 0 Å². The first-order valence-electron chi connectivity index (χ1n) is 10.8. The van der Waals surface area contributed by atoms with Gasteiger partial charge < -0.3 is 28.4 Å². The maximum absolute atomic E-state index is 11.7. The van der Waals surface area contributed by atoms with Gasteiger partial charge in [-0.15, -0.1) is 0 Å². The third-order valence-electron chi connectivity index (χ3n) is 3.93. The molecule has 0 rings (SSSR count). The van der Waals surface area contributed by atoms with Crippen LogP contribution in [0.1, 0.15) is 72.6 Å². The van der Waals surface area contributed by atoms with Crippen LogP contribution in [0.2, 0.25) is 0 Å². The minimum atomic E-state index is -0.494. The molecule has 0 aromatic heterocycles. The lowest BCUT2D eigenvalue weighted by molar-refractivity contribution is -0.179. The van der Waals surface area contributed by atoms with Gasteiger partial charge in [0.2, 0.25) is 0 Å². The zero-order valence-corrected chi connectivity index (χ0v) is 18.6. The number of unbranched alkanes of at least 4 members (excludes halogenated alkanes) is 4. The van der Waals surface area contributed by atoms with Crippen molar-refractivity contribution in [1.82, 2.24) is 0 Å². The number of hydrogen-bond acceptors (Lipinski definition) is 8. The second-order valence-electron chi connectivity index (χ2n) is 6.31. The molecular formula is C21H40O8. The highest BCUT2D eigenvalue weighted by Gasteiger charge is 2.12. The molecule has 0 unspecified atom stereocenters. The van der Waals surface area contributed by atoms with E-state index in [4.69, 9.17) is 28.4 Å². The first-order valence-corrected chi connectivity index (χ1v) is 10.8. The normalized spacial score (nSPS) is 11.2. The van der Waals surface area contributed by atoms with Crippen molar-refractivity contribution in [3.63, 3.8) is 0 Å². The Morgan fingerprint density at radius 2 is 0.862 bits per heavy atom. The fourth-order valence-electron chi connectivity index (χ4n) is 2.57. The van der Waals surface area contributed by atoms with Crippen LogP contribution >= 0.6 is 0 Å². The van der Waals surface area contributed by atoms with E-state index in [1.807, 2.05) is 27.7 Å². The zero-order valence-electron chi connectivity index (χ0n) is 18.6. The summed E-state index contributed by atoms with van der Waals surface area (Å²) in [7, 11) is 0. The Kier molecular flexibility index (Phi) is 19.2. The minimum absolute atomic E-state index is 0.121. The molecule has 0 aliphatic heterocycles. The van der Waals surface area contributed by atoms with Gasteiger partial charge in [-0.2, -0.15) is 0 Å². The molecule has 0 N–H and O–H groups in total. The molecule has 0 aromatic carbocycles. The van der Waals surface area contributed by atoms with Crippen molar-refractivity contribution >= 4 is 11.9 Å². The number of hydrogen-bond donors (Lipinski definition) is 0. The summed E-state index contributed by atoms with van der Waals surface area (Å²) in [4.78, 5) is 23.5. The maximum atomic E-state index is 11.7. The highest BCUT2D eigenvalue weighted by atomic mass is 16.7. The van der Waals surface area contributed by atoms with Crippen molar-refractivity contribution in [3.8, 4) is 0 Å². The number of rotatable bonds is 20. The van der Waals surface area contributed by atoms with Gasteiger partial charge in [-0.1, -0.05) is 19.3 Å². The molecule has 172 valence electrons. The topological polar surface area (TPSA) is 89.5 Å². The second kappa shape index (κ2) is 20.1. The molecule has 0 saturated heterocycles. The predicted octanol–water partition coefficient (Wildman–Crippen LogP) is 3.60. The molecule has 0 heterocycles. The van der Waals surface area contributed by atoms with Gasteiger partial charge in [0.05, 0.1) is 0 Å². The van der Waals surface area contributed by atoms with Gasteiger partial charge in [0.25, 0.3) is 0 Å². The summed E-state index contributed by atoms with van der Waals surface area (Å²) in [5, 5.41) is 0. The van der Waals surface area contributed by atoms with Crippen LogP contribution in [0.5, 0.6) is 0 Å². The standard InChI is InChI=1S/C21H40O8/c1-5-24-20(25-6-2)16-28-18(22)14-12-10-9-11-13-15-19(23)29-17-21(26-7-3)27-8-4/h20-21H,5-17H2,1-4H3. The van der Waals surface area contributed by atoms with Gasteiger partial charge in [0.15, 0.2) is 12.6 Å². The van der Waals surface area contributed by atoms with E-state index in [9.17, 15) is 9.59 Å². The molecule has 0 aliphatic rings. The Morgan fingerprint density at radius 3 is 1.17 bits per heavy atom. The summed E-state index contributed by atoms with van der Waals surface area (Å²) in [5.74, 6) is -0.479. The van der Waals surface area contributed by atoms with E-state index >= 15 is 0 Å². The van der Waals surface area contributed by atoms with Gasteiger partial charge >= 0.3 is 11.9 Å². The van der Waals surface area contributed by atoms with Gasteiger partial charge in [-0.3, -0.25) is 9.59 Å². The minimum Gasteiger partial charge on any atom is -0.460 e. The molecule has 0 fully saturated rings. The highest BCUT2D eigenvalue weighted by Crippen LogP contribution is 2.09. The van der Waals surface area contributed by atoms with E-state index in [2.05, 4.69) is 0 Å². The summed E-state index contributed by atoms with van der Waals surface area (Å²) < 4.78 is 31.7. The Hall–Kier alpha value is -1.22. The third-order valence-corrected chi connectivity index (χ3v) is 3.93. The van der Waals surface area contributed by atoms with Crippen molar-refractivity contribution in [2.45, 2.75) is 85.2 Å². The van der Waals surface area contributed by atoms with Crippen LogP contribution in [-0.2, 0) is 38.0 Å². The van der Waals surface area contributed by atoms with Crippen molar-refractivity contribution in [1.29, 1.82) is 0 Å². The smallest absolute Gasteiger partial charge is 0.305 e. The molecule has 0 spiro atoms. The summed E-state index contributed by atoms with van der Waals surface area (Å²) in [5.41, 5.74) is 0. The van der Waals surface area contributed by atoms with E-state index in [1.165, 1.54) is 0 Å². The summed E-state index contributed by atoms with van der Waals surface area (Å²) >= 11 is 0. The zero-order chi connectivity index (χ0) is 21.7. The van der Waals surface area contributed by atoms with Crippen molar-refractivity contribution < 1.29 is 38.0 Å². The first kappa shape index (κ1) is 27.8. The summed E-state index contributed by atoms with van der Waals surface area (Å²) in [6.45, 7) is 9.75. The second-order valence-corrected chi connectivity index (χ2v) is 6.31. The molecule has 0 radical (unpaired) electrons. The maximum Gasteiger partial charge on any atom is 0.305 e. The lowest BCUT2D eigenvalue weighted by Gasteiger charge is -2.16. The van der Waals surface area contributed by atoms with E-state index in [1.54, 1.807) is 0 Å². The molecule has 0 bridgehead atoms. The first-order chi connectivity index (χ1) is 14.1. The van der Waals surface area contributed by atoms with E-state index in [0.29, 0.717) is 39.3 Å². The van der Waals surface area contributed by atoms with Crippen molar-refractivity contribution in [3.05, 3.63) is 0 Å². The number of carbonyl (C=O) groups excluding carboxylic acids is 2. The molecule has 0 aliphatic carbocycles. The summed E-state index contributed by atoms with van der Waals surface area (Å²) in [6.07, 6.45) is 4.09. The molecule has 29 heavy (non-hydrogen) atoms. The van der Waals surface area contributed by atoms with Crippen LogP contribution in [0.3, 0.4) is 0 Å². The summed E-state index contributed by atoms with van der Waals surface area (Å²) in [6, 6.07) is 0. The Morgan fingerprint density at radius 1 is 0.552 bits per heavy atom. The van der Waals surface area contributed by atoms with Crippen LogP contribution in [0.15, 0.2) is 0 Å². The van der Waals surface area contributed by atoms with Gasteiger partial charge in [-0.05, 0) is 40.5 Å². The van der Waals surface area contributed by atoms with Crippen LogP contribution in [0.25, 0.3) is 0 Å². The molecule has 0 saturated carbocycles. The van der Waals surface area contributed by atoms with E-state index in [0.717, 1.165) is 32.1 Å². The fourth-order valence-corrected chi connectivity index (χ4v) is 2.57. The highest BCUT2D eigenvalue weighted by molar-refractivity contribution is 5.69. The predicted molar refractivity (Wildman–Crippen MR) is 108 cm³/mol. The quantitative estimate of drug-likeness (QED) is 0.168. The largest absolute Gasteiger partial charge is 0.460 e. The monoisotopic (exact) mass is 420 g/mol. The SMILES string of the molecule is CCOC(COC(=O)CCCCCCCC(=O)OCC(OCC)OCC)OCC. The van der Waals surface area contributed by atoms with Crippen molar-refractivity contribution in [2.24, 2.45) is 0 Å². The average Bonchev–Trinajstić information content (AvgIpc) is 2.70.